The SMILES string of the molecule is CNC(=O)CNCc1cc(Br)ccc1F. The highest BCUT2D eigenvalue weighted by molar-refractivity contribution is 9.10. The molecule has 1 amide bonds. The fourth-order valence-electron chi connectivity index (χ4n) is 1.08. The third-order valence-corrected chi connectivity index (χ3v) is 2.38. The maximum Gasteiger partial charge on any atom is 0.233 e. The third-order valence-electron chi connectivity index (χ3n) is 1.89. The van der Waals surface area contributed by atoms with Gasteiger partial charge in [0.15, 0.2) is 0 Å². The molecule has 3 nitrogen and oxygen atoms in total. The molecule has 0 aliphatic carbocycles. The molecular formula is C10H12BrFN2O. The summed E-state index contributed by atoms with van der Waals surface area (Å²) in [6, 6.07) is 4.71. The zero-order chi connectivity index (χ0) is 11.3. The average molecular weight is 275 g/mol. The molecule has 2 N–H and O–H groups in total. The fraction of sp³-hybridized carbons (Fsp3) is 0.300. The lowest BCUT2D eigenvalue weighted by molar-refractivity contribution is -0.119. The van der Waals surface area contributed by atoms with Crippen LogP contribution in [0.25, 0.3) is 0 Å². The van der Waals surface area contributed by atoms with E-state index in [1.807, 2.05) is 0 Å². The minimum Gasteiger partial charge on any atom is -0.358 e. The van der Waals surface area contributed by atoms with Crippen LogP contribution in [-0.2, 0) is 11.3 Å². The maximum absolute atomic E-state index is 13.2. The Labute approximate surface area is 96.2 Å². The molecular weight excluding hydrogens is 263 g/mol. The number of rotatable bonds is 4. The second-order valence-corrected chi connectivity index (χ2v) is 3.93. The van der Waals surface area contributed by atoms with Gasteiger partial charge in [0.25, 0.3) is 0 Å². The van der Waals surface area contributed by atoms with E-state index in [1.54, 1.807) is 19.2 Å². The third kappa shape index (κ3) is 3.97. The van der Waals surface area contributed by atoms with E-state index in [9.17, 15) is 9.18 Å². The molecule has 0 heterocycles. The lowest BCUT2D eigenvalue weighted by Crippen LogP contribution is -2.31. The van der Waals surface area contributed by atoms with Crippen LogP contribution in [0.15, 0.2) is 22.7 Å². The summed E-state index contributed by atoms with van der Waals surface area (Å²) in [6.07, 6.45) is 0. The predicted molar refractivity (Wildman–Crippen MR) is 59.9 cm³/mol. The summed E-state index contributed by atoms with van der Waals surface area (Å²) in [5.41, 5.74) is 0.535. The molecule has 0 spiro atoms. The number of hydrogen-bond donors (Lipinski definition) is 2. The van der Waals surface area contributed by atoms with Gasteiger partial charge in [-0.1, -0.05) is 15.9 Å². The van der Waals surface area contributed by atoms with Gasteiger partial charge in [0.05, 0.1) is 6.54 Å². The number of carbonyl (C=O) groups excluding carboxylic acids is 1. The minimum absolute atomic E-state index is 0.120. The number of carbonyl (C=O) groups is 1. The lowest BCUT2D eigenvalue weighted by Gasteiger charge is -2.05. The number of hydrogen-bond acceptors (Lipinski definition) is 2. The monoisotopic (exact) mass is 274 g/mol. The van der Waals surface area contributed by atoms with E-state index in [4.69, 9.17) is 0 Å². The van der Waals surface area contributed by atoms with Crippen molar-refractivity contribution in [3.8, 4) is 0 Å². The van der Waals surface area contributed by atoms with Crippen molar-refractivity contribution in [3.63, 3.8) is 0 Å². The first-order valence-electron chi connectivity index (χ1n) is 4.48. The van der Waals surface area contributed by atoms with E-state index >= 15 is 0 Å². The minimum atomic E-state index is -0.275. The van der Waals surface area contributed by atoms with Gasteiger partial charge in [-0.25, -0.2) is 4.39 Å². The van der Waals surface area contributed by atoms with Crippen LogP contribution >= 0.6 is 15.9 Å². The van der Waals surface area contributed by atoms with Gasteiger partial charge in [0.1, 0.15) is 5.82 Å². The van der Waals surface area contributed by atoms with Crippen molar-refractivity contribution in [2.24, 2.45) is 0 Å². The molecule has 0 fully saturated rings. The van der Waals surface area contributed by atoms with E-state index in [0.29, 0.717) is 12.1 Å². The van der Waals surface area contributed by atoms with Crippen LogP contribution in [0, 0.1) is 5.82 Å². The Balaban J connectivity index is 2.50. The van der Waals surface area contributed by atoms with Crippen LogP contribution in [0.4, 0.5) is 4.39 Å². The molecule has 0 saturated carbocycles. The number of halogens is 2. The number of likely N-dealkylation sites (N-methyl/N-ethyl adjacent to an activating group) is 1. The van der Waals surface area contributed by atoms with Crippen LogP contribution in [0.5, 0.6) is 0 Å². The smallest absolute Gasteiger partial charge is 0.233 e. The zero-order valence-electron chi connectivity index (χ0n) is 8.31. The summed E-state index contributed by atoms with van der Waals surface area (Å²) < 4.78 is 14.0. The Bertz CT molecular complexity index is 357. The summed E-state index contributed by atoms with van der Waals surface area (Å²) in [4.78, 5) is 10.9. The van der Waals surface area contributed by atoms with Gasteiger partial charge in [-0.05, 0) is 18.2 Å². The predicted octanol–water partition coefficient (Wildman–Crippen LogP) is 1.42. The van der Waals surface area contributed by atoms with Crippen LogP contribution in [0.3, 0.4) is 0 Å². The highest BCUT2D eigenvalue weighted by atomic mass is 79.9. The number of nitrogens with one attached hydrogen (secondary N) is 2. The zero-order valence-corrected chi connectivity index (χ0v) is 9.90. The Hall–Kier alpha value is -0.940. The summed E-state index contributed by atoms with van der Waals surface area (Å²) >= 11 is 3.26. The summed E-state index contributed by atoms with van der Waals surface area (Å²) in [7, 11) is 1.56. The molecule has 0 aliphatic rings. The summed E-state index contributed by atoms with van der Waals surface area (Å²) in [5, 5.41) is 5.32. The first-order chi connectivity index (χ1) is 7.13. The molecule has 0 bridgehead atoms. The second-order valence-electron chi connectivity index (χ2n) is 3.01. The molecule has 0 aliphatic heterocycles. The van der Waals surface area contributed by atoms with E-state index in [-0.39, 0.29) is 18.3 Å². The number of benzene rings is 1. The Morgan fingerprint density at radius 2 is 2.27 bits per heavy atom. The first-order valence-corrected chi connectivity index (χ1v) is 5.28. The molecule has 0 saturated heterocycles. The van der Waals surface area contributed by atoms with Crippen molar-refractivity contribution >= 4 is 21.8 Å². The highest BCUT2D eigenvalue weighted by Gasteiger charge is 2.03. The Kier molecular flexibility index (Phi) is 4.71. The molecule has 1 rings (SSSR count). The summed E-state index contributed by atoms with van der Waals surface area (Å²) in [6.45, 7) is 0.515. The van der Waals surface area contributed by atoms with E-state index in [2.05, 4.69) is 26.6 Å². The van der Waals surface area contributed by atoms with E-state index in [0.717, 1.165) is 4.47 Å². The molecule has 15 heavy (non-hydrogen) atoms. The topological polar surface area (TPSA) is 41.1 Å². The molecule has 1 aromatic carbocycles. The quantitative estimate of drug-likeness (QED) is 0.872. The van der Waals surface area contributed by atoms with Crippen LogP contribution in [0.2, 0.25) is 0 Å². The van der Waals surface area contributed by atoms with Crippen molar-refractivity contribution in [2.45, 2.75) is 6.54 Å². The largest absolute Gasteiger partial charge is 0.358 e. The highest BCUT2D eigenvalue weighted by Crippen LogP contribution is 2.15. The van der Waals surface area contributed by atoms with Gasteiger partial charge >= 0.3 is 0 Å². The van der Waals surface area contributed by atoms with E-state index in [1.165, 1.54) is 6.07 Å². The summed E-state index contributed by atoms with van der Waals surface area (Å²) in [5.74, 6) is -0.395. The van der Waals surface area contributed by atoms with Crippen LogP contribution in [-0.4, -0.2) is 19.5 Å². The Morgan fingerprint density at radius 3 is 2.93 bits per heavy atom. The van der Waals surface area contributed by atoms with Crippen molar-refractivity contribution < 1.29 is 9.18 Å². The van der Waals surface area contributed by atoms with Crippen molar-refractivity contribution in [2.75, 3.05) is 13.6 Å². The van der Waals surface area contributed by atoms with Gasteiger partial charge in [-0.15, -0.1) is 0 Å². The van der Waals surface area contributed by atoms with Crippen molar-refractivity contribution in [1.29, 1.82) is 0 Å². The fourth-order valence-corrected chi connectivity index (χ4v) is 1.49. The van der Waals surface area contributed by atoms with Crippen LogP contribution in [0.1, 0.15) is 5.56 Å². The molecule has 0 aromatic heterocycles. The average Bonchev–Trinajstić information content (AvgIpc) is 2.23. The number of amides is 1. The van der Waals surface area contributed by atoms with Gasteiger partial charge < -0.3 is 10.6 Å². The Morgan fingerprint density at radius 1 is 1.53 bits per heavy atom. The van der Waals surface area contributed by atoms with Crippen molar-refractivity contribution in [1.82, 2.24) is 10.6 Å². The maximum atomic E-state index is 13.2. The molecule has 5 heteroatoms. The van der Waals surface area contributed by atoms with Crippen LogP contribution < -0.4 is 10.6 Å². The standard InChI is InChI=1S/C10H12BrFN2O/c1-13-10(15)6-14-5-7-4-8(11)2-3-9(7)12/h2-4,14H,5-6H2,1H3,(H,13,15). The van der Waals surface area contributed by atoms with Gasteiger partial charge in [-0.2, -0.15) is 0 Å². The normalized spacial score (nSPS) is 10.1. The van der Waals surface area contributed by atoms with E-state index < -0.39 is 0 Å². The molecule has 1 aromatic rings. The first kappa shape index (κ1) is 12.1. The molecule has 0 radical (unpaired) electrons. The lowest BCUT2D eigenvalue weighted by atomic mass is 10.2. The van der Waals surface area contributed by atoms with Crippen molar-refractivity contribution in [3.05, 3.63) is 34.1 Å². The molecule has 82 valence electrons. The molecule has 0 unspecified atom stereocenters. The van der Waals surface area contributed by atoms with Gasteiger partial charge in [0, 0.05) is 23.6 Å². The second kappa shape index (κ2) is 5.82. The van der Waals surface area contributed by atoms with Gasteiger partial charge in [0.2, 0.25) is 5.91 Å². The van der Waals surface area contributed by atoms with Gasteiger partial charge in [-0.3, -0.25) is 4.79 Å². The molecule has 0 atom stereocenters.